The average Bonchev–Trinajstić information content (AvgIpc) is 3.84. The van der Waals surface area contributed by atoms with Gasteiger partial charge in [0.1, 0.15) is 42.0 Å². The van der Waals surface area contributed by atoms with Crippen LogP contribution in [-0.4, -0.2) is 128 Å². The van der Waals surface area contributed by atoms with Crippen LogP contribution in [0.1, 0.15) is 130 Å². The molecule has 2 unspecified atom stereocenters. The molecule has 1 aliphatic rings. The lowest BCUT2D eigenvalue weighted by Crippen LogP contribution is -2.46. The van der Waals surface area contributed by atoms with E-state index in [0.717, 1.165) is 61.1 Å². The van der Waals surface area contributed by atoms with Gasteiger partial charge in [-0.3, -0.25) is 37.3 Å². The van der Waals surface area contributed by atoms with Crippen LogP contribution in [0.3, 0.4) is 0 Å². The summed E-state index contributed by atoms with van der Waals surface area (Å²) >= 11 is 0.937. The predicted octanol–water partition coefficient (Wildman–Crippen LogP) is 4.66. The summed E-state index contributed by atoms with van der Waals surface area (Å²) in [6.45, 7) is 2.55. The normalized spacial score (nSPS) is 19.8. The van der Waals surface area contributed by atoms with Gasteiger partial charge in [-0.2, -0.15) is 4.31 Å². The minimum absolute atomic E-state index is 0.0259. The molecular weight excluding hydrogens is 1000 g/mol. The Bertz CT molecular complexity index is 2160. The van der Waals surface area contributed by atoms with Crippen LogP contribution in [0.2, 0.25) is 0 Å². The summed E-state index contributed by atoms with van der Waals surface area (Å²) in [5, 5.41) is 26.2. The smallest absolute Gasteiger partial charge is 0.386 e. The van der Waals surface area contributed by atoms with Gasteiger partial charge in [0, 0.05) is 37.1 Å². The number of anilines is 1. The summed E-state index contributed by atoms with van der Waals surface area (Å²) in [5.41, 5.74) is 4.24. The minimum atomic E-state index is -5.59. The number of aliphatic hydroxyl groups is 2. The van der Waals surface area contributed by atoms with Crippen LogP contribution in [0.15, 0.2) is 24.8 Å². The number of Topliss-reactive ketones (excluding diaryl/α,β-unsaturated/α-hetero) is 1. The molecular formula is C41H70N7O18P3S. The number of carbonyl (C=O) groups is 4. The number of nitrogens with zero attached hydrogens (tertiary/aromatic N) is 4. The van der Waals surface area contributed by atoms with Crippen LogP contribution in [0, 0.1) is 5.41 Å². The first-order valence-corrected chi connectivity index (χ1v) is 28.7. The highest BCUT2D eigenvalue weighted by molar-refractivity contribution is 8.13. The van der Waals surface area contributed by atoms with E-state index in [0.29, 0.717) is 6.42 Å². The third-order valence-electron chi connectivity index (χ3n) is 10.8. The van der Waals surface area contributed by atoms with Crippen LogP contribution in [0.4, 0.5) is 5.82 Å². The summed E-state index contributed by atoms with van der Waals surface area (Å²) in [5.74, 6) is -1.40. The van der Waals surface area contributed by atoms with Crippen LogP contribution in [0.25, 0.3) is 11.2 Å². The average molecular weight is 1070 g/mol. The Morgan fingerprint density at radius 1 is 0.886 bits per heavy atom. The molecule has 2 amide bonds. The largest absolute Gasteiger partial charge is 0.481 e. The van der Waals surface area contributed by atoms with Gasteiger partial charge in [0.15, 0.2) is 22.8 Å². The number of phosphoric acid groups is 3. The predicted molar refractivity (Wildman–Crippen MR) is 256 cm³/mol. The number of hydrogen-bond acceptors (Lipinski definition) is 19. The summed E-state index contributed by atoms with van der Waals surface area (Å²) in [6.07, 6.45) is 12.7. The number of nitrogens with one attached hydrogen (secondary N) is 2. The van der Waals surface area contributed by atoms with Gasteiger partial charge in [-0.15, -0.1) is 0 Å². The molecule has 1 aliphatic heterocycles. The number of nitrogen functional groups attached to an aromatic ring is 1. The first-order valence-electron chi connectivity index (χ1n) is 23.2. The molecule has 0 aromatic carbocycles. The number of allylic oxidation sites excluding steroid dienone is 2. The quantitative estimate of drug-likeness (QED) is 0.0194. The lowest BCUT2D eigenvalue weighted by molar-refractivity contribution is -0.137. The van der Waals surface area contributed by atoms with E-state index in [4.69, 9.17) is 19.5 Å². The van der Waals surface area contributed by atoms with Gasteiger partial charge in [0.05, 0.1) is 26.0 Å². The molecule has 25 nitrogen and oxygen atoms in total. The third kappa shape index (κ3) is 22.8. The lowest BCUT2D eigenvalue weighted by atomic mass is 9.87. The molecule has 0 spiro atoms. The molecule has 29 heteroatoms. The van der Waals surface area contributed by atoms with Gasteiger partial charge in [-0.05, 0) is 32.1 Å². The summed E-state index contributed by atoms with van der Waals surface area (Å²) in [6, 6.07) is 0. The number of thioether (sulfide) groups is 1. The Morgan fingerprint density at radius 3 is 2.17 bits per heavy atom. The van der Waals surface area contributed by atoms with Crippen LogP contribution < -0.4 is 16.4 Å². The number of aliphatic hydroxyl groups excluding tert-OH is 2. The van der Waals surface area contributed by atoms with Crippen molar-refractivity contribution < 1.29 is 85.3 Å². The number of imidazole rings is 1. The molecule has 0 saturated carbocycles. The molecule has 0 bridgehead atoms. The van der Waals surface area contributed by atoms with Crippen LogP contribution in [0.5, 0.6) is 0 Å². The van der Waals surface area contributed by atoms with Crippen molar-refractivity contribution in [3.8, 4) is 0 Å². The van der Waals surface area contributed by atoms with E-state index in [1.165, 1.54) is 65.2 Å². The Balaban J connectivity index is 1.29. The lowest BCUT2D eigenvalue weighted by Gasteiger charge is -2.30. The van der Waals surface area contributed by atoms with Crippen LogP contribution in [-0.2, 0) is 55.5 Å². The van der Waals surface area contributed by atoms with Crippen molar-refractivity contribution in [2.24, 2.45) is 5.41 Å². The Kier molecular flexibility index (Phi) is 26.5. The molecule has 2 aromatic rings. The van der Waals surface area contributed by atoms with Gasteiger partial charge in [0.2, 0.25) is 11.8 Å². The number of fused-ring (bicyclic) bond motifs is 1. The van der Waals surface area contributed by atoms with E-state index in [-0.39, 0.29) is 59.6 Å². The summed E-state index contributed by atoms with van der Waals surface area (Å²) < 4.78 is 62.4. The second-order valence-corrected chi connectivity index (χ2v) is 22.7. The SMILES string of the molecule is CCCCCC/C=C\CCCCCCCCCC(=O)CC(=O)SCCNC(=O)CCNC(=O)[C@H](O)C(C)(C)COP(=O)(O)OP(=O)(O)OC[C@H]1O[C@@H](n2cnc3c(N)ncnc32)[C@H](O)[C@@H]1OP(=O)(O)O. The number of aromatic nitrogens is 4. The standard InChI is InChI=1S/C41H70N7O18P3S/c1-4-5-6-7-8-9-10-11-12-13-14-15-16-17-18-19-29(49)24-32(51)70-23-22-43-31(50)20-21-44-39(54)36(53)41(2,3)26-63-69(60,61)66-68(58,59)62-25-30-35(65-67(55,56)57)34(52)40(64-30)48-28-47-33-37(42)45-27-46-38(33)48/h9-10,27-28,30,34-36,40,52-53H,4-8,11-26H2,1-3H3,(H,43,50)(H,44,54)(H,58,59)(H,60,61)(H2,42,45,46)(H2,55,56,57)/b10-9-/t30-,34-,35-,36+,40-/m1/s1. The number of nitrogens with two attached hydrogens (primary N) is 1. The maximum absolute atomic E-state index is 12.7. The molecule has 3 heterocycles. The van der Waals surface area contributed by atoms with Crippen molar-refractivity contribution in [3.05, 3.63) is 24.8 Å². The zero-order valence-electron chi connectivity index (χ0n) is 39.7. The molecule has 0 aliphatic carbocycles. The number of ketones is 1. The molecule has 70 heavy (non-hydrogen) atoms. The minimum Gasteiger partial charge on any atom is -0.386 e. The zero-order chi connectivity index (χ0) is 52.0. The second kappa shape index (κ2) is 30.2. The third-order valence-corrected chi connectivity index (χ3v) is 14.8. The summed E-state index contributed by atoms with van der Waals surface area (Å²) in [7, 11) is -16.5. The number of ether oxygens (including phenoxy) is 1. The van der Waals surface area contributed by atoms with E-state index in [1.54, 1.807) is 0 Å². The first-order chi connectivity index (χ1) is 32.9. The molecule has 2 aromatic heterocycles. The molecule has 0 radical (unpaired) electrons. The van der Waals surface area contributed by atoms with Crippen molar-refractivity contribution >= 4 is 74.9 Å². The number of phosphoric ester groups is 3. The van der Waals surface area contributed by atoms with Gasteiger partial charge in [0.25, 0.3) is 0 Å². The molecule has 7 atom stereocenters. The fraction of sp³-hybridized carbons (Fsp3) is 0.732. The fourth-order valence-electron chi connectivity index (χ4n) is 6.99. The molecule has 1 saturated heterocycles. The number of amides is 2. The van der Waals surface area contributed by atoms with E-state index < -0.39 is 84.6 Å². The molecule has 10 N–H and O–H groups in total. The monoisotopic (exact) mass is 1070 g/mol. The van der Waals surface area contributed by atoms with Gasteiger partial charge >= 0.3 is 23.5 Å². The van der Waals surface area contributed by atoms with E-state index in [1.807, 2.05) is 0 Å². The number of carbonyl (C=O) groups excluding carboxylic acids is 4. The first kappa shape index (κ1) is 61.3. The Morgan fingerprint density at radius 2 is 1.51 bits per heavy atom. The van der Waals surface area contributed by atoms with Crippen molar-refractivity contribution in [1.82, 2.24) is 30.2 Å². The highest BCUT2D eigenvalue weighted by Gasteiger charge is 2.50. The fourth-order valence-corrected chi connectivity index (χ4v) is 10.5. The van der Waals surface area contributed by atoms with E-state index in [2.05, 4.69) is 53.5 Å². The van der Waals surface area contributed by atoms with Gasteiger partial charge in [-0.1, -0.05) is 96.1 Å². The van der Waals surface area contributed by atoms with E-state index in [9.17, 15) is 62.7 Å². The Hall–Kier alpha value is -3.03. The Labute approximate surface area is 411 Å². The molecule has 1 fully saturated rings. The van der Waals surface area contributed by atoms with Gasteiger partial charge in [-0.25, -0.2) is 28.6 Å². The second-order valence-electron chi connectivity index (χ2n) is 17.3. The number of unbranched alkanes of at least 4 members (excludes halogenated alkanes) is 11. The van der Waals surface area contributed by atoms with Gasteiger partial charge < -0.3 is 50.9 Å². The highest BCUT2D eigenvalue weighted by Crippen LogP contribution is 2.61. The topological polar surface area (TPSA) is 381 Å². The summed E-state index contributed by atoms with van der Waals surface area (Å²) in [4.78, 5) is 101. The maximum Gasteiger partial charge on any atom is 0.481 e. The van der Waals surface area contributed by atoms with Crippen molar-refractivity contribution in [2.75, 3.05) is 37.8 Å². The number of hydrogen-bond donors (Lipinski definition) is 9. The van der Waals surface area contributed by atoms with Crippen molar-refractivity contribution in [3.63, 3.8) is 0 Å². The number of rotatable bonds is 36. The van der Waals surface area contributed by atoms with E-state index >= 15 is 0 Å². The van der Waals surface area contributed by atoms with Crippen LogP contribution >= 0.6 is 35.2 Å². The zero-order valence-corrected chi connectivity index (χ0v) is 43.2. The molecule has 398 valence electrons. The molecule has 3 rings (SSSR count). The highest BCUT2D eigenvalue weighted by atomic mass is 32.2. The van der Waals surface area contributed by atoms with Crippen molar-refractivity contribution in [2.45, 2.75) is 154 Å². The van der Waals surface area contributed by atoms with Crippen molar-refractivity contribution in [1.29, 1.82) is 0 Å². The maximum atomic E-state index is 12.7.